The molecule has 1 atom stereocenters. The first-order valence-electron chi connectivity index (χ1n) is 5.53. The van der Waals surface area contributed by atoms with Crippen LogP contribution in [0.5, 0.6) is 11.5 Å². The highest BCUT2D eigenvalue weighted by Gasteiger charge is 2.22. The largest absolute Gasteiger partial charge is 0.454 e. The van der Waals surface area contributed by atoms with Crippen molar-refractivity contribution in [3.8, 4) is 11.5 Å². The van der Waals surface area contributed by atoms with Crippen molar-refractivity contribution in [2.45, 2.75) is 6.10 Å². The Labute approximate surface area is 113 Å². The summed E-state index contributed by atoms with van der Waals surface area (Å²) in [6.45, 7) is 0.0816. The molecule has 0 fully saturated rings. The number of pyridine rings is 1. The highest BCUT2D eigenvalue weighted by atomic mass is 35.5. The van der Waals surface area contributed by atoms with Gasteiger partial charge >= 0.3 is 0 Å². The Morgan fingerprint density at radius 2 is 2.21 bits per heavy atom. The lowest BCUT2D eigenvalue weighted by molar-refractivity contribution is 0.173. The van der Waals surface area contributed by atoms with Crippen LogP contribution < -0.4 is 9.47 Å². The van der Waals surface area contributed by atoms with E-state index in [4.69, 9.17) is 21.1 Å². The molecule has 6 heteroatoms. The minimum atomic E-state index is -1.14. The molecule has 4 nitrogen and oxygen atoms in total. The van der Waals surface area contributed by atoms with Crippen molar-refractivity contribution in [2.75, 3.05) is 6.79 Å². The number of fused-ring (bicyclic) bond motifs is 1. The number of aliphatic hydroxyl groups excluding tert-OH is 1. The van der Waals surface area contributed by atoms with Crippen LogP contribution in [-0.2, 0) is 0 Å². The maximum Gasteiger partial charge on any atom is 0.231 e. The zero-order chi connectivity index (χ0) is 13.4. The Bertz CT molecular complexity index is 635. The van der Waals surface area contributed by atoms with Crippen LogP contribution in [0.4, 0.5) is 4.39 Å². The molecule has 0 radical (unpaired) electrons. The van der Waals surface area contributed by atoms with Crippen LogP contribution in [-0.4, -0.2) is 16.9 Å². The van der Waals surface area contributed by atoms with Gasteiger partial charge in [0.25, 0.3) is 0 Å². The highest BCUT2D eigenvalue weighted by molar-refractivity contribution is 6.32. The first-order chi connectivity index (χ1) is 9.16. The summed E-state index contributed by atoms with van der Waals surface area (Å²) < 4.78 is 24.0. The van der Waals surface area contributed by atoms with E-state index in [9.17, 15) is 9.50 Å². The molecular formula is C13H9ClFNO3. The molecule has 2 aromatic rings. The maximum atomic E-state index is 13.6. The monoisotopic (exact) mass is 281 g/mol. The van der Waals surface area contributed by atoms with E-state index in [-0.39, 0.29) is 12.4 Å². The zero-order valence-electron chi connectivity index (χ0n) is 9.64. The van der Waals surface area contributed by atoms with Crippen molar-refractivity contribution in [3.63, 3.8) is 0 Å². The van der Waals surface area contributed by atoms with Gasteiger partial charge in [-0.3, -0.25) is 4.98 Å². The van der Waals surface area contributed by atoms with Gasteiger partial charge in [-0.05, 0) is 23.8 Å². The lowest BCUT2D eigenvalue weighted by atomic mass is 10.0. The molecule has 1 aliphatic rings. The Kier molecular flexibility index (Phi) is 3.00. The number of aromatic nitrogens is 1. The summed E-state index contributed by atoms with van der Waals surface area (Å²) in [4.78, 5) is 3.64. The molecule has 0 amide bonds. The van der Waals surface area contributed by atoms with Gasteiger partial charge in [-0.25, -0.2) is 4.39 Å². The number of ether oxygens (including phenoxy) is 2. The van der Waals surface area contributed by atoms with Crippen molar-refractivity contribution in [2.24, 2.45) is 0 Å². The first-order valence-corrected chi connectivity index (χ1v) is 5.91. The normalized spacial score (nSPS) is 14.5. The average Bonchev–Trinajstić information content (AvgIpc) is 2.87. The van der Waals surface area contributed by atoms with Gasteiger partial charge in [-0.15, -0.1) is 0 Å². The highest BCUT2D eigenvalue weighted by Crippen LogP contribution is 2.42. The minimum absolute atomic E-state index is 0.0816. The molecular weight excluding hydrogens is 273 g/mol. The molecule has 1 aliphatic heterocycles. The van der Waals surface area contributed by atoms with Crippen LogP contribution in [0.3, 0.4) is 0 Å². The molecule has 0 spiro atoms. The fourth-order valence-corrected chi connectivity index (χ4v) is 2.21. The standard InChI is InChI=1S/C13H9ClFNO3/c14-9-3-7(4-11-13(9)19-6-18-11)12(17)8-1-2-16-5-10(8)15/h1-5,12,17H,6H2. The summed E-state index contributed by atoms with van der Waals surface area (Å²) in [6.07, 6.45) is 1.32. The lowest BCUT2D eigenvalue weighted by Gasteiger charge is -2.13. The zero-order valence-corrected chi connectivity index (χ0v) is 10.4. The number of benzene rings is 1. The third kappa shape index (κ3) is 2.11. The van der Waals surface area contributed by atoms with E-state index in [1.54, 1.807) is 6.07 Å². The van der Waals surface area contributed by atoms with Gasteiger partial charge in [0.15, 0.2) is 11.5 Å². The molecule has 0 saturated heterocycles. The molecule has 0 saturated carbocycles. The van der Waals surface area contributed by atoms with Crippen molar-refractivity contribution in [1.82, 2.24) is 4.98 Å². The average molecular weight is 282 g/mol. The third-order valence-electron chi connectivity index (χ3n) is 2.86. The van der Waals surface area contributed by atoms with Gasteiger partial charge in [0.1, 0.15) is 11.9 Å². The van der Waals surface area contributed by atoms with Crippen molar-refractivity contribution in [1.29, 1.82) is 0 Å². The molecule has 2 heterocycles. The second-order valence-electron chi connectivity index (χ2n) is 4.04. The van der Waals surface area contributed by atoms with Crippen LogP contribution in [0.1, 0.15) is 17.2 Å². The third-order valence-corrected chi connectivity index (χ3v) is 3.14. The summed E-state index contributed by atoms with van der Waals surface area (Å²) in [5, 5.41) is 10.5. The van der Waals surface area contributed by atoms with E-state index in [2.05, 4.69) is 4.98 Å². The number of aliphatic hydroxyl groups is 1. The molecule has 0 bridgehead atoms. The van der Waals surface area contributed by atoms with Crippen molar-refractivity contribution >= 4 is 11.6 Å². The quantitative estimate of drug-likeness (QED) is 0.919. The van der Waals surface area contributed by atoms with Gasteiger partial charge in [0.05, 0.1) is 11.2 Å². The fraction of sp³-hybridized carbons (Fsp3) is 0.154. The molecule has 1 aromatic heterocycles. The van der Waals surface area contributed by atoms with Crippen molar-refractivity contribution < 1.29 is 19.0 Å². The van der Waals surface area contributed by atoms with Crippen LogP contribution in [0.15, 0.2) is 30.6 Å². The molecule has 98 valence electrons. The predicted molar refractivity (Wildman–Crippen MR) is 65.8 cm³/mol. The van der Waals surface area contributed by atoms with E-state index < -0.39 is 11.9 Å². The van der Waals surface area contributed by atoms with Crippen molar-refractivity contribution in [3.05, 3.63) is 52.6 Å². The van der Waals surface area contributed by atoms with E-state index >= 15 is 0 Å². The number of halogens is 2. The summed E-state index contributed by atoms with van der Waals surface area (Å²) in [5.41, 5.74) is 0.560. The second kappa shape index (κ2) is 4.68. The smallest absolute Gasteiger partial charge is 0.231 e. The minimum Gasteiger partial charge on any atom is -0.454 e. The number of nitrogens with zero attached hydrogens (tertiary/aromatic N) is 1. The maximum absolute atomic E-state index is 13.6. The van der Waals surface area contributed by atoms with Crippen LogP contribution in [0.2, 0.25) is 5.02 Å². The number of hydrogen-bond acceptors (Lipinski definition) is 4. The Morgan fingerprint density at radius 3 is 3.00 bits per heavy atom. The van der Waals surface area contributed by atoms with Gasteiger partial charge in [-0.1, -0.05) is 11.6 Å². The van der Waals surface area contributed by atoms with Crippen LogP contribution in [0.25, 0.3) is 0 Å². The molecule has 0 aliphatic carbocycles. The van der Waals surface area contributed by atoms with Gasteiger partial charge in [-0.2, -0.15) is 0 Å². The summed E-state index contributed by atoms with van der Waals surface area (Å²) in [7, 11) is 0. The second-order valence-corrected chi connectivity index (χ2v) is 4.44. The Balaban J connectivity index is 2.03. The van der Waals surface area contributed by atoms with Crippen LogP contribution in [0, 0.1) is 5.82 Å². The topological polar surface area (TPSA) is 51.6 Å². The van der Waals surface area contributed by atoms with Crippen LogP contribution >= 0.6 is 11.6 Å². The molecule has 1 unspecified atom stereocenters. The molecule has 1 N–H and O–H groups in total. The number of hydrogen-bond donors (Lipinski definition) is 1. The summed E-state index contributed by atoms with van der Waals surface area (Å²) in [5.74, 6) is 0.299. The Hall–Kier alpha value is -1.85. The van der Waals surface area contributed by atoms with E-state index in [0.29, 0.717) is 22.1 Å². The van der Waals surface area contributed by atoms with Gasteiger partial charge < -0.3 is 14.6 Å². The SMILES string of the molecule is OC(c1cc(Cl)c2c(c1)OCO2)c1ccncc1F. The Morgan fingerprint density at radius 1 is 1.37 bits per heavy atom. The van der Waals surface area contributed by atoms with E-state index in [0.717, 1.165) is 6.20 Å². The van der Waals surface area contributed by atoms with Gasteiger partial charge in [0, 0.05) is 11.8 Å². The van der Waals surface area contributed by atoms with E-state index in [1.165, 1.54) is 18.3 Å². The molecule has 3 rings (SSSR count). The molecule has 1 aromatic carbocycles. The van der Waals surface area contributed by atoms with Gasteiger partial charge in [0.2, 0.25) is 6.79 Å². The number of rotatable bonds is 2. The fourth-order valence-electron chi connectivity index (χ4n) is 1.93. The molecule has 19 heavy (non-hydrogen) atoms. The predicted octanol–water partition coefficient (Wildman–Crippen LogP) is 2.68. The summed E-state index contributed by atoms with van der Waals surface area (Å²) >= 11 is 6.02. The summed E-state index contributed by atoms with van der Waals surface area (Å²) in [6, 6.07) is 4.52. The first kappa shape index (κ1) is 12.2. The lowest BCUT2D eigenvalue weighted by Crippen LogP contribution is -2.03. The van der Waals surface area contributed by atoms with E-state index in [1.807, 2.05) is 0 Å².